The summed E-state index contributed by atoms with van der Waals surface area (Å²) < 4.78 is 1.99. The van der Waals surface area contributed by atoms with Crippen molar-refractivity contribution in [2.24, 2.45) is 0 Å². The number of nitrogens with one attached hydrogen (secondary N) is 1. The molecule has 0 amide bonds. The van der Waals surface area contributed by atoms with E-state index in [0.717, 1.165) is 16.3 Å². The molecule has 0 bridgehead atoms. The van der Waals surface area contributed by atoms with Gasteiger partial charge in [0.05, 0.1) is 22.6 Å². The van der Waals surface area contributed by atoms with E-state index in [2.05, 4.69) is 35.1 Å². The second kappa shape index (κ2) is 8.12. The molecule has 6 heteroatoms. The Labute approximate surface area is 191 Å². The van der Waals surface area contributed by atoms with E-state index < -0.39 is 17.7 Å². The Kier molecular flexibility index (Phi) is 5.14. The minimum absolute atomic E-state index is 0.360. The van der Waals surface area contributed by atoms with Crippen molar-refractivity contribution in [3.05, 3.63) is 119 Å². The van der Waals surface area contributed by atoms with Gasteiger partial charge in [-0.2, -0.15) is 9.83 Å². The molecule has 3 unspecified atom stereocenters. The lowest BCUT2D eigenvalue weighted by molar-refractivity contribution is -0.742. The van der Waals surface area contributed by atoms with Crippen LogP contribution in [-0.4, -0.2) is 10.1 Å². The zero-order valence-corrected chi connectivity index (χ0v) is 18.0. The van der Waals surface area contributed by atoms with Gasteiger partial charge in [0.25, 0.3) is 0 Å². The third-order valence-corrected chi connectivity index (χ3v) is 6.40. The van der Waals surface area contributed by atoms with Crippen LogP contribution in [0.5, 0.6) is 0 Å². The van der Waals surface area contributed by atoms with E-state index in [1.807, 2.05) is 83.7 Å². The van der Waals surface area contributed by atoms with Crippen LogP contribution in [0.15, 0.2) is 108 Å². The van der Waals surface area contributed by atoms with Crippen LogP contribution < -0.4 is 9.88 Å². The maximum absolute atomic E-state index is 12.2. The number of allylic oxidation sites excluding steroid dienone is 1. The summed E-state index contributed by atoms with van der Waals surface area (Å²) in [7, 11) is 0. The first kappa shape index (κ1) is 20.3. The number of nitriles is 1. The number of thiol groups is 1. The first-order chi connectivity index (χ1) is 15.6. The summed E-state index contributed by atoms with van der Waals surface area (Å²) in [5, 5.41) is 27.9. The van der Waals surface area contributed by atoms with Crippen molar-refractivity contribution in [3.8, 4) is 6.07 Å². The number of aliphatic hydroxyl groups is 1. The van der Waals surface area contributed by atoms with E-state index in [1.165, 1.54) is 0 Å². The molecule has 4 aromatic rings. The third kappa shape index (κ3) is 3.32. The summed E-state index contributed by atoms with van der Waals surface area (Å²) in [6.07, 6.45) is 7.38. The van der Waals surface area contributed by atoms with Gasteiger partial charge in [0.2, 0.25) is 11.8 Å². The van der Waals surface area contributed by atoms with Gasteiger partial charge >= 0.3 is 0 Å². The van der Waals surface area contributed by atoms with Gasteiger partial charge in [-0.1, -0.05) is 48.5 Å². The third-order valence-electron chi connectivity index (χ3n) is 6.05. The summed E-state index contributed by atoms with van der Waals surface area (Å²) in [6, 6.07) is 25.1. The molecule has 0 saturated carbocycles. The summed E-state index contributed by atoms with van der Waals surface area (Å²) in [6.45, 7) is 0. The van der Waals surface area contributed by atoms with E-state index in [1.54, 1.807) is 12.4 Å². The molecule has 156 valence electrons. The molecule has 3 heterocycles. The highest BCUT2D eigenvalue weighted by atomic mass is 32.1. The zero-order chi connectivity index (χ0) is 22.1. The summed E-state index contributed by atoms with van der Waals surface area (Å²) in [5.74, 6) is -0.451. The lowest BCUT2D eigenvalue weighted by atomic mass is 9.75. The molecule has 3 atom stereocenters. The minimum atomic E-state index is -1.51. The minimum Gasteiger partial charge on any atom is -0.362 e. The van der Waals surface area contributed by atoms with Crippen LogP contribution in [0.3, 0.4) is 0 Å². The van der Waals surface area contributed by atoms with Gasteiger partial charge in [0.1, 0.15) is 0 Å². The van der Waals surface area contributed by atoms with Gasteiger partial charge in [-0.05, 0) is 29.1 Å². The molecule has 2 aromatic heterocycles. The lowest BCUT2D eigenvalue weighted by Crippen LogP contribution is -2.62. The predicted molar refractivity (Wildman–Crippen MR) is 125 cm³/mol. The number of rotatable bonds is 3. The lowest BCUT2D eigenvalue weighted by Gasteiger charge is -2.42. The van der Waals surface area contributed by atoms with Crippen LogP contribution in [-0.2, 0) is 5.72 Å². The van der Waals surface area contributed by atoms with Gasteiger partial charge in [-0.25, -0.2) is 0 Å². The van der Waals surface area contributed by atoms with Gasteiger partial charge in [-0.15, -0.1) is 12.6 Å². The molecule has 32 heavy (non-hydrogen) atoms. The molecule has 0 aliphatic carbocycles. The molecule has 2 aromatic carbocycles. The Morgan fingerprint density at radius 2 is 1.66 bits per heavy atom. The van der Waals surface area contributed by atoms with Crippen LogP contribution >= 0.6 is 12.6 Å². The molecule has 5 rings (SSSR count). The quantitative estimate of drug-likeness (QED) is 0.335. The highest BCUT2D eigenvalue weighted by Crippen LogP contribution is 2.47. The number of hydrogen-bond donors (Lipinski definition) is 3. The SMILES string of the molecule is N#CC1=C(S)NC(O)(c2ccccc2)C([n+]2ccc3ccccc3c2)C1c1ccncc1. The van der Waals surface area contributed by atoms with Crippen molar-refractivity contribution in [1.82, 2.24) is 10.3 Å². The van der Waals surface area contributed by atoms with Gasteiger partial charge < -0.3 is 10.4 Å². The molecule has 0 radical (unpaired) electrons. The second-order valence-corrected chi connectivity index (χ2v) is 8.30. The van der Waals surface area contributed by atoms with Crippen molar-refractivity contribution < 1.29 is 9.67 Å². The fourth-order valence-corrected chi connectivity index (χ4v) is 4.92. The zero-order valence-electron chi connectivity index (χ0n) is 17.1. The van der Waals surface area contributed by atoms with E-state index in [-0.39, 0.29) is 0 Å². The van der Waals surface area contributed by atoms with Crippen LogP contribution in [0.1, 0.15) is 23.1 Å². The van der Waals surface area contributed by atoms with Crippen molar-refractivity contribution in [3.63, 3.8) is 0 Å². The van der Waals surface area contributed by atoms with Crippen LogP contribution in [0, 0.1) is 11.3 Å². The van der Waals surface area contributed by atoms with E-state index in [0.29, 0.717) is 16.2 Å². The maximum Gasteiger partial charge on any atom is 0.227 e. The number of aromatic nitrogens is 2. The molecular formula is C26H21N4OS+. The Balaban J connectivity index is 1.81. The van der Waals surface area contributed by atoms with E-state index in [4.69, 9.17) is 0 Å². The summed E-state index contributed by atoms with van der Waals surface area (Å²) >= 11 is 4.58. The number of nitrogens with zero attached hydrogens (tertiary/aromatic N) is 3. The molecule has 0 spiro atoms. The Hall–Kier alpha value is -3.66. The predicted octanol–water partition coefficient (Wildman–Crippen LogP) is 3.96. The molecule has 1 aliphatic rings. The van der Waals surface area contributed by atoms with E-state index in [9.17, 15) is 10.4 Å². The Morgan fingerprint density at radius 3 is 2.38 bits per heavy atom. The van der Waals surface area contributed by atoms with Gasteiger partial charge in [0, 0.05) is 29.4 Å². The highest BCUT2D eigenvalue weighted by molar-refractivity contribution is 7.84. The molecule has 0 fully saturated rings. The summed E-state index contributed by atoms with van der Waals surface area (Å²) in [5.41, 5.74) is 0.517. The van der Waals surface area contributed by atoms with Crippen molar-refractivity contribution >= 4 is 23.4 Å². The fourth-order valence-electron chi connectivity index (χ4n) is 4.56. The topological polar surface area (TPSA) is 72.8 Å². The first-order valence-corrected chi connectivity index (χ1v) is 10.8. The molecule has 2 N–H and O–H groups in total. The number of pyridine rings is 2. The second-order valence-electron chi connectivity index (χ2n) is 7.86. The largest absolute Gasteiger partial charge is 0.362 e. The number of benzene rings is 2. The Bertz CT molecular complexity index is 1350. The number of hydrogen-bond acceptors (Lipinski definition) is 5. The molecule has 0 saturated heterocycles. The molecule has 5 nitrogen and oxygen atoms in total. The van der Waals surface area contributed by atoms with Crippen molar-refractivity contribution in [1.29, 1.82) is 5.26 Å². The maximum atomic E-state index is 12.2. The fraction of sp³-hybridized carbons (Fsp3) is 0.115. The van der Waals surface area contributed by atoms with Gasteiger partial charge in [0.15, 0.2) is 12.4 Å². The van der Waals surface area contributed by atoms with Gasteiger partial charge in [-0.3, -0.25) is 4.98 Å². The molecular weight excluding hydrogens is 416 g/mol. The normalized spacial score (nSPS) is 22.9. The first-order valence-electron chi connectivity index (χ1n) is 10.3. The van der Waals surface area contributed by atoms with Crippen molar-refractivity contribution in [2.75, 3.05) is 0 Å². The van der Waals surface area contributed by atoms with Crippen LogP contribution in [0.25, 0.3) is 10.8 Å². The summed E-state index contributed by atoms with van der Waals surface area (Å²) in [4.78, 5) is 4.14. The average molecular weight is 438 g/mol. The standard InChI is InChI=1S/C26H20N4OS/c27-16-22-23(19-10-13-28-14-11-19)24(30-15-12-18-6-4-5-7-20(18)17-30)26(31,29-25(22)32)21-8-2-1-3-9-21/h1-15,17,23-24,29,31H/p+1. The number of fused-ring (bicyclic) bond motifs is 1. The Morgan fingerprint density at radius 1 is 0.969 bits per heavy atom. The van der Waals surface area contributed by atoms with Crippen LogP contribution in [0.2, 0.25) is 0 Å². The monoisotopic (exact) mass is 437 g/mol. The van der Waals surface area contributed by atoms with Crippen LogP contribution in [0.4, 0.5) is 0 Å². The average Bonchev–Trinajstić information content (AvgIpc) is 2.84. The van der Waals surface area contributed by atoms with Crippen molar-refractivity contribution in [2.45, 2.75) is 17.7 Å². The molecule has 1 aliphatic heterocycles. The smallest absolute Gasteiger partial charge is 0.227 e. The van der Waals surface area contributed by atoms with E-state index >= 15 is 0 Å². The highest BCUT2D eigenvalue weighted by Gasteiger charge is 2.55.